The molecule has 0 radical (unpaired) electrons. The molecule has 0 fully saturated rings. The Balaban J connectivity index is 2.84. The summed E-state index contributed by atoms with van der Waals surface area (Å²) in [5.74, 6) is 0.371. The molecule has 0 heterocycles. The summed E-state index contributed by atoms with van der Waals surface area (Å²) >= 11 is 0. The Morgan fingerprint density at radius 2 is 2.29 bits per heavy atom. The standard InChI is InChI=1S/C12H15FO/c1-3-5-10-6-7-11(13)9-12(10)14-8-4-2/h3,6-7,9H,1,4-5,8H2,2H3. The van der Waals surface area contributed by atoms with Crippen LogP contribution in [0.5, 0.6) is 5.75 Å². The van der Waals surface area contributed by atoms with Gasteiger partial charge in [-0.05, 0) is 24.5 Å². The van der Waals surface area contributed by atoms with E-state index >= 15 is 0 Å². The Hall–Kier alpha value is -1.31. The molecule has 1 aromatic carbocycles. The van der Waals surface area contributed by atoms with E-state index in [1.165, 1.54) is 12.1 Å². The van der Waals surface area contributed by atoms with E-state index in [1.54, 1.807) is 12.1 Å². The highest BCUT2D eigenvalue weighted by Gasteiger charge is 2.03. The first-order valence-corrected chi connectivity index (χ1v) is 4.80. The van der Waals surface area contributed by atoms with Gasteiger partial charge in [0, 0.05) is 6.07 Å². The molecule has 1 nitrogen and oxygen atoms in total. The Morgan fingerprint density at radius 1 is 1.50 bits per heavy atom. The molecule has 76 valence electrons. The molecule has 1 rings (SSSR count). The van der Waals surface area contributed by atoms with E-state index in [0.717, 1.165) is 12.0 Å². The molecule has 0 unspecified atom stereocenters. The lowest BCUT2D eigenvalue weighted by atomic mass is 10.1. The molecule has 0 aromatic heterocycles. The topological polar surface area (TPSA) is 9.23 Å². The van der Waals surface area contributed by atoms with Crippen LogP contribution in [0.15, 0.2) is 30.9 Å². The SMILES string of the molecule is C=CCc1ccc(F)cc1OCCC. The molecule has 0 saturated heterocycles. The number of allylic oxidation sites excluding steroid dienone is 1. The number of halogens is 1. The summed E-state index contributed by atoms with van der Waals surface area (Å²) in [6.45, 7) is 6.29. The first-order valence-electron chi connectivity index (χ1n) is 4.80. The summed E-state index contributed by atoms with van der Waals surface area (Å²) in [5, 5.41) is 0. The second kappa shape index (κ2) is 5.43. The van der Waals surface area contributed by atoms with E-state index in [0.29, 0.717) is 18.8 Å². The minimum atomic E-state index is -0.260. The van der Waals surface area contributed by atoms with Crippen molar-refractivity contribution in [2.45, 2.75) is 19.8 Å². The average molecular weight is 194 g/mol. The van der Waals surface area contributed by atoms with E-state index in [1.807, 2.05) is 6.92 Å². The largest absolute Gasteiger partial charge is 0.493 e. The highest BCUT2D eigenvalue weighted by molar-refractivity contribution is 5.35. The van der Waals surface area contributed by atoms with Crippen molar-refractivity contribution in [3.8, 4) is 5.75 Å². The van der Waals surface area contributed by atoms with Crippen LogP contribution in [0, 0.1) is 5.82 Å². The molecule has 0 aliphatic carbocycles. The van der Waals surface area contributed by atoms with Gasteiger partial charge in [-0.15, -0.1) is 6.58 Å². The van der Waals surface area contributed by atoms with Gasteiger partial charge in [0.15, 0.2) is 0 Å². The Morgan fingerprint density at radius 3 is 2.93 bits per heavy atom. The van der Waals surface area contributed by atoms with Crippen molar-refractivity contribution < 1.29 is 9.13 Å². The smallest absolute Gasteiger partial charge is 0.126 e. The zero-order chi connectivity index (χ0) is 10.4. The van der Waals surface area contributed by atoms with Gasteiger partial charge in [-0.1, -0.05) is 19.1 Å². The van der Waals surface area contributed by atoms with Crippen LogP contribution in [0.25, 0.3) is 0 Å². The second-order valence-electron chi connectivity index (χ2n) is 3.09. The van der Waals surface area contributed by atoms with Crippen molar-refractivity contribution in [3.05, 3.63) is 42.2 Å². The van der Waals surface area contributed by atoms with E-state index in [-0.39, 0.29) is 5.82 Å². The molecule has 0 saturated carbocycles. The second-order valence-corrected chi connectivity index (χ2v) is 3.09. The fraction of sp³-hybridized carbons (Fsp3) is 0.333. The van der Waals surface area contributed by atoms with Crippen LogP contribution in [0.4, 0.5) is 4.39 Å². The quantitative estimate of drug-likeness (QED) is 0.653. The molecular weight excluding hydrogens is 179 g/mol. The number of rotatable bonds is 5. The minimum absolute atomic E-state index is 0.260. The van der Waals surface area contributed by atoms with Gasteiger partial charge in [-0.25, -0.2) is 4.39 Å². The summed E-state index contributed by atoms with van der Waals surface area (Å²) < 4.78 is 18.3. The lowest BCUT2D eigenvalue weighted by Gasteiger charge is -2.09. The Labute approximate surface area is 84.2 Å². The summed E-state index contributed by atoms with van der Waals surface area (Å²) in [4.78, 5) is 0. The fourth-order valence-electron chi connectivity index (χ4n) is 1.20. The molecule has 0 N–H and O–H groups in total. The van der Waals surface area contributed by atoms with Crippen LogP contribution < -0.4 is 4.74 Å². The molecule has 0 amide bonds. The van der Waals surface area contributed by atoms with Crippen LogP contribution in [-0.4, -0.2) is 6.61 Å². The van der Waals surface area contributed by atoms with E-state index in [2.05, 4.69) is 6.58 Å². The van der Waals surface area contributed by atoms with E-state index in [9.17, 15) is 4.39 Å². The van der Waals surface area contributed by atoms with Gasteiger partial charge >= 0.3 is 0 Å². The van der Waals surface area contributed by atoms with Crippen molar-refractivity contribution in [1.29, 1.82) is 0 Å². The third kappa shape index (κ3) is 2.87. The molecule has 0 aliphatic rings. The van der Waals surface area contributed by atoms with Gasteiger partial charge in [0.25, 0.3) is 0 Å². The predicted molar refractivity (Wildman–Crippen MR) is 56.1 cm³/mol. The number of hydrogen-bond donors (Lipinski definition) is 0. The van der Waals surface area contributed by atoms with Crippen molar-refractivity contribution in [2.24, 2.45) is 0 Å². The van der Waals surface area contributed by atoms with Crippen LogP contribution in [0.2, 0.25) is 0 Å². The highest BCUT2D eigenvalue weighted by atomic mass is 19.1. The summed E-state index contributed by atoms with van der Waals surface area (Å²) in [7, 11) is 0. The molecule has 1 aromatic rings. The highest BCUT2D eigenvalue weighted by Crippen LogP contribution is 2.20. The predicted octanol–water partition coefficient (Wildman–Crippen LogP) is 3.34. The van der Waals surface area contributed by atoms with Crippen LogP contribution >= 0.6 is 0 Å². The van der Waals surface area contributed by atoms with Gasteiger partial charge in [0.1, 0.15) is 11.6 Å². The van der Waals surface area contributed by atoms with E-state index in [4.69, 9.17) is 4.74 Å². The first-order chi connectivity index (χ1) is 6.77. The lowest BCUT2D eigenvalue weighted by molar-refractivity contribution is 0.313. The Kier molecular flexibility index (Phi) is 4.17. The maximum atomic E-state index is 12.9. The van der Waals surface area contributed by atoms with Gasteiger partial charge < -0.3 is 4.74 Å². The van der Waals surface area contributed by atoms with Crippen molar-refractivity contribution in [2.75, 3.05) is 6.61 Å². The zero-order valence-electron chi connectivity index (χ0n) is 8.42. The Bertz CT molecular complexity index is 307. The van der Waals surface area contributed by atoms with Crippen molar-refractivity contribution in [1.82, 2.24) is 0 Å². The molecule has 0 atom stereocenters. The molecule has 2 heteroatoms. The van der Waals surface area contributed by atoms with Crippen LogP contribution in [0.1, 0.15) is 18.9 Å². The van der Waals surface area contributed by atoms with Crippen molar-refractivity contribution in [3.63, 3.8) is 0 Å². The third-order valence-electron chi connectivity index (χ3n) is 1.86. The molecular formula is C12H15FO. The fourth-order valence-corrected chi connectivity index (χ4v) is 1.20. The van der Waals surface area contributed by atoms with Crippen molar-refractivity contribution >= 4 is 0 Å². The third-order valence-corrected chi connectivity index (χ3v) is 1.86. The maximum absolute atomic E-state index is 12.9. The van der Waals surface area contributed by atoms with Crippen LogP contribution in [-0.2, 0) is 6.42 Å². The lowest BCUT2D eigenvalue weighted by Crippen LogP contribution is -1.99. The number of hydrogen-bond acceptors (Lipinski definition) is 1. The maximum Gasteiger partial charge on any atom is 0.126 e. The summed E-state index contributed by atoms with van der Waals surface area (Å²) in [6.07, 6.45) is 3.41. The van der Waals surface area contributed by atoms with Gasteiger partial charge in [0.2, 0.25) is 0 Å². The summed E-state index contributed by atoms with van der Waals surface area (Å²) in [6, 6.07) is 4.61. The van der Waals surface area contributed by atoms with Gasteiger partial charge in [0.05, 0.1) is 6.61 Å². The van der Waals surface area contributed by atoms with Crippen LogP contribution in [0.3, 0.4) is 0 Å². The first kappa shape index (κ1) is 10.8. The molecule has 14 heavy (non-hydrogen) atoms. The minimum Gasteiger partial charge on any atom is -0.493 e. The zero-order valence-corrected chi connectivity index (χ0v) is 8.42. The van der Waals surface area contributed by atoms with Gasteiger partial charge in [-0.2, -0.15) is 0 Å². The van der Waals surface area contributed by atoms with Gasteiger partial charge in [-0.3, -0.25) is 0 Å². The number of ether oxygens (including phenoxy) is 1. The van der Waals surface area contributed by atoms with E-state index < -0.39 is 0 Å². The normalized spacial score (nSPS) is 9.86. The average Bonchev–Trinajstić information content (AvgIpc) is 2.18. The monoisotopic (exact) mass is 194 g/mol. The number of benzene rings is 1. The molecule has 0 aliphatic heterocycles. The summed E-state index contributed by atoms with van der Waals surface area (Å²) in [5.41, 5.74) is 0.981. The molecule has 0 bridgehead atoms. The molecule has 0 spiro atoms.